The molecule has 2 aromatic carbocycles. The lowest BCUT2D eigenvalue weighted by Gasteiger charge is -2.45. The third-order valence-electron chi connectivity index (χ3n) is 6.08. The molecule has 1 fully saturated rings. The number of benzene rings is 2. The van der Waals surface area contributed by atoms with Crippen LogP contribution in [-0.2, 0) is 0 Å². The fourth-order valence-electron chi connectivity index (χ4n) is 4.60. The maximum Gasteiger partial charge on any atom is 0.0738 e. The minimum atomic E-state index is 0.292. The molecule has 22 heavy (non-hydrogen) atoms. The van der Waals surface area contributed by atoms with Crippen molar-refractivity contribution < 1.29 is 0 Å². The minimum absolute atomic E-state index is 0.292. The fraction of sp³-hybridized carbons (Fsp3) is 0.333. The average Bonchev–Trinajstić information content (AvgIpc) is 3.22. The Labute approximate surface area is 132 Å². The lowest BCUT2D eigenvalue weighted by atomic mass is 9.83. The molecule has 1 aliphatic carbocycles. The molecular weight excluding hydrogens is 266 g/mol. The number of anilines is 1. The summed E-state index contributed by atoms with van der Waals surface area (Å²) in [5.74, 6) is 0.692. The lowest BCUT2D eigenvalue weighted by molar-refractivity contribution is 0.542. The van der Waals surface area contributed by atoms with Crippen molar-refractivity contribution in [3.05, 3.63) is 70.3 Å². The van der Waals surface area contributed by atoms with Crippen LogP contribution in [0.1, 0.15) is 53.1 Å². The quantitative estimate of drug-likeness (QED) is 0.648. The molecule has 0 bridgehead atoms. The van der Waals surface area contributed by atoms with Gasteiger partial charge in [0.25, 0.3) is 0 Å². The van der Waals surface area contributed by atoms with Crippen molar-refractivity contribution >= 4 is 11.8 Å². The van der Waals surface area contributed by atoms with E-state index in [1.807, 2.05) is 0 Å². The SMILES string of the molecule is Cc1cc2c(cc1C)C1CC1(C)N1c3ccccc3C=CC21. The molecule has 0 amide bonds. The van der Waals surface area contributed by atoms with E-state index in [-0.39, 0.29) is 0 Å². The van der Waals surface area contributed by atoms with Crippen molar-refractivity contribution in [2.45, 2.75) is 44.7 Å². The van der Waals surface area contributed by atoms with E-state index in [2.05, 4.69) is 74.2 Å². The summed E-state index contributed by atoms with van der Waals surface area (Å²) < 4.78 is 0. The van der Waals surface area contributed by atoms with Gasteiger partial charge < -0.3 is 4.90 Å². The Hall–Kier alpha value is -2.02. The predicted molar refractivity (Wildman–Crippen MR) is 92.4 cm³/mol. The smallest absolute Gasteiger partial charge is 0.0738 e. The second-order valence-electron chi connectivity index (χ2n) is 7.41. The number of hydrogen-bond donors (Lipinski definition) is 0. The fourth-order valence-corrected chi connectivity index (χ4v) is 4.60. The van der Waals surface area contributed by atoms with Crippen LogP contribution < -0.4 is 4.90 Å². The molecule has 5 rings (SSSR count). The number of para-hydroxylation sites is 1. The van der Waals surface area contributed by atoms with Crippen molar-refractivity contribution in [1.29, 1.82) is 0 Å². The molecular formula is C21H21N. The van der Waals surface area contributed by atoms with Gasteiger partial charge in [0.15, 0.2) is 0 Å². The monoisotopic (exact) mass is 287 g/mol. The Bertz CT molecular complexity index is 832. The highest BCUT2D eigenvalue weighted by atomic mass is 15.3. The second kappa shape index (κ2) is 3.84. The third kappa shape index (κ3) is 1.39. The van der Waals surface area contributed by atoms with Gasteiger partial charge in [0.1, 0.15) is 0 Å². The minimum Gasteiger partial charge on any atom is -0.354 e. The maximum absolute atomic E-state index is 2.68. The summed E-state index contributed by atoms with van der Waals surface area (Å²) in [6.45, 7) is 6.92. The standard InChI is InChI=1S/C21H21N/c1-13-10-16-17(11-14(13)2)20-9-8-15-6-4-5-7-19(15)22(20)21(3)12-18(16)21/h4-11,18,20H,12H2,1-3H3. The molecule has 2 aromatic rings. The van der Waals surface area contributed by atoms with Gasteiger partial charge in [-0.1, -0.05) is 42.5 Å². The predicted octanol–water partition coefficient (Wildman–Crippen LogP) is 5.14. The van der Waals surface area contributed by atoms with Crippen molar-refractivity contribution in [3.63, 3.8) is 0 Å². The lowest BCUT2D eigenvalue weighted by Crippen LogP contribution is -2.43. The number of nitrogens with zero attached hydrogens (tertiary/aromatic N) is 1. The van der Waals surface area contributed by atoms with E-state index in [0.717, 1.165) is 0 Å². The molecule has 0 spiro atoms. The molecule has 110 valence electrons. The zero-order valence-electron chi connectivity index (χ0n) is 13.4. The van der Waals surface area contributed by atoms with E-state index in [1.165, 1.54) is 34.4 Å². The van der Waals surface area contributed by atoms with Crippen LogP contribution in [0.5, 0.6) is 0 Å². The van der Waals surface area contributed by atoms with E-state index < -0.39 is 0 Å². The zero-order chi connectivity index (χ0) is 15.1. The van der Waals surface area contributed by atoms with Crippen molar-refractivity contribution in [1.82, 2.24) is 0 Å². The van der Waals surface area contributed by atoms with Gasteiger partial charge in [-0.15, -0.1) is 0 Å². The number of hydrogen-bond acceptors (Lipinski definition) is 1. The molecule has 3 atom stereocenters. The van der Waals surface area contributed by atoms with Crippen LogP contribution in [0, 0.1) is 13.8 Å². The molecule has 0 aromatic heterocycles. The van der Waals surface area contributed by atoms with Crippen molar-refractivity contribution in [3.8, 4) is 0 Å². The molecule has 0 saturated heterocycles. The Morgan fingerprint density at radius 2 is 1.77 bits per heavy atom. The Balaban J connectivity index is 1.77. The average molecular weight is 287 g/mol. The highest BCUT2D eigenvalue weighted by Gasteiger charge is 2.61. The summed E-state index contributed by atoms with van der Waals surface area (Å²) in [4.78, 5) is 2.68. The van der Waals surface area contributed by atoms with Gasteiger partial charge >= 0.3 is 0 Å². The molecule has 1 nitrogen and oxygen atoms in total. The highest BCUT2D eigenvalue weighted by Crippen LogP contribution is 2.64. The molecule has 3 aliphatic rings. The van der Waals surface area contributed by atoms with Crippen LogP contribution >= 0.6 is 0 Å². The summed E-state index contributed by atoms with van der Waals surface area (Å²) >= 11 is 0. The Morgan fingerprint density at radius 3 is 2.59 bits per heavy atom. The van der Waals surface area contributed by atoms with E-state index in [0.29, 0.717) is 17.5 Å². The largest absolute Gasteiger partial charge is 0.354 e. The molecule has 1 heteroatoms. The van der Waals surface area contributed by atoms with Gasteiger partial charge in [-0.05, 0) is 61.1 Å². The summed E-state index contributed by atoms with van der Waals surface area (Å²) in [6, 6.07) is 14.1. The van der Waals surface area contributed by atoms with Crippen LogP contribution in [0.3, 0.4) is 0 Å². The molecule has 2 aliphatic heterocycles. The van der Waals surface area contributed by atoms with Crippen LogP contribution in [0.2, 0.25) is 0 Å². The van der Waals surface area contributed by atoms with Crippen LogP contribution in [-0.4, -0.2) is 5.54 Å². The van der Waals surface area contributed by atoms with E-state index in [4.69, 9.17) is 0 Å². The van der Waals surface area contributed by atoms with Gasteiger partial charge in [0, 0.05) is 17.1 Å². The van der Waals surface area contributed by atoms with Crippen molar-refractivity contribution in [2.24, 2.45) is 0 Å². The summed E-state index contributed by atoms with van der Waals surface area (Å²) in [7, 11) is 0. The Kier molecular flexibility index (Phi) is 2.18. The summed E-state index contributed by atoms with van der Waals surface area (Å²) in [5, 5.41) is 0. The highest BCUT2D eigenvalue weighted by molar-refractivity contribution is 5.77. The van der Waals surface area contributed by atoms with Crippen LogP contribution in [0.25, 0.3) is 6.08 Å². The normalized spacial score (nSPS) is 30.2. The zero-order valence-corrected chi connectivity index (χ0v) is 13.4. The molecule has 0 radical (unpaired) electrons. The van der Waals surface area contributed by atoms with Gasteiger partial charge in [-0.2, -0.15) is 0 Å². The van der Waals surface area contributed by atoms with Gasteiger partial charge in [-0.25, -0.2) is 0 Å². The first-order chi connectivity index (χ1) is 10.6. The first-order valence-electron chi connectivity index (χ1n) is 8.27. The maximum atomic E-state index is 2.68. The molecule has 0 N–H and O–H groups in total. The van der Waals surface area contributed by atoms with E-state index >= 15 is 0 Å². The number of aryl methyl sites for hydroxylation is 2. The van der Waals surface area contributed by atoms with Crippen molar-refractivity contribution in [2.75, 3.05) is 4.90 Å². The second-order valence-corrected chi connectivity index (χ2v) is 7.41. The third-order valence-corrected chi connectivity index (χ3v) is 6.08. The molecule has 1 saturated carbocycles. The topological polar surface area (TPSA) is 3.24 Å². The molecule has 2 heterocycles. The van der Waals surface area contributed by atoms with Crippen LogP contribution in [0.15, 0.2) is 42.5 Å². The van der Waals surface area contributed by atoms with E-state index in [1.54, 1.807) is 5.56 Å². The van der Waals surface area contributed by atoms with Gasteiger partial charge in [0.05, 0.1) is 6.04 Å². The number of fused-ring (bicyclic) bond motifs is 8. The molecule has 3 unspecified atom stereocenters. The number of rotatable bonds is 0. The van der Waals surface area contributed by atoms with Crippen LogP contribution in [0.4, 0.5) is 5.69 Å². The first kappa shape index (κ1) is 12.5. The van der Waals surface area contributed by atoms with Gasteiger partial charge in [0.2, 0.25) is 0 Å². The van der Waals surface area contributed by atoms with Gasteiger partial charge in [-0.3, -0.25) is 0 Å². The Morgan fingerprint density at radius 1 is 1.05 bits per heavy atom. The van der Waals surface area contributed by atoms with E-state index in [9.17, 15) is 0 Å². The summed E-state index contributed by atoms with van der Waals surface area (Å²) in [6.07, 6.45) is 5.98. The summed E-state index contributed by atoms with van der Waals surface area (Å²) in [5.41, 5.74) is 9.02. The first-order valence-corrected chi connectivity index (χ1v) is 8.27.